The molecule has 2 N–H and O–H groups in total. The lowest BCUT2D eigenvalue weighted by Gasteiger charge is -2.24. The molecule has 0 bridgehead atoms. The summed E-state index contributed by atoms with van der Waals surface area (Å²) in [6.45, 7) is -2.28. The number of hydrogen-bond acceptors (Lipinski definition) is 7. The molecule has 1 fully saturated rings. The number of amides is 1. The Morgan fingerprint density at radius 1 is 1.14 bits per heavy atom. The molecular weight excluding hydrogens is 612 g/mol. The lowest BCUT2D eigenvalue weighted by atomic mass is 10.1. The number of pyridine rings is 1. The van der Waals surface area contributed by atoms with Gasteiger partial charge in [0.25, 0.3) is 5.92 Å². The van der Waals surface area contributed by atoms with Gasteiger partial charge in [-0.05, 0) is 36.4 Å². The Labute approximate surface area is 243 Å². The van der Waals surface area contributed by atoms with Crippen molar-refractivity contribution in [1.29, 1.82) is 0 Å². The smallest absolute Gasteiger partial charge is 0.342 e. The molecule has 2 atom stereocenters. The zero-order valence-electron chi connectivity index (χ0n) is 21.2. The third-order valence-corrected chi connectivity index (χ3v) is 6.86. The molecule has 1 aromatic carbocycles. The van der Waals surface area contributed by atoms with E-state index in [0.717, 1.165) is 9.25 Å². The van der Waals surface area contributed by atoms with Crippen LogP contribution in [0.25, 0.3) is 17.2 Å². The summed E-state index contributed by atoms with van der Waals surface area (Å²) in [7, 11) is 0. The van der Waals surface area contributed by atoms with E-state index in [1.807, 2.05) is 0 Å². The van der Waals surface area contributed by atoms with Gasteiger partial charge < -0.3 is 5.32 Å². The van der Waals surface area contributed by atoms with Gasteiger partial charge in [-0.2, -0.15) is 13.2 Å². The van der Waals surface area contributed by atoms with E-state index >= 15 is 0 Å². The molecular formula is C24H20Cl2F5N9O2. The van der Waals surface area contributed by atoms with Gasteiger partial charge in [0.15, 0.2) is 17.5 Å². The van der Waals surface area contributed by atoms with Gasteiger partial charge in [0.2, 0.25) is 5.91 Å². The fraction of sp³-hybridized carbons (Fsp3) is 0.333. The Bertz CT molecular complexity index is 1650. The summed E-state index contributed by atoms with van der Waals surface area (Å²) in [6.07, 6.45) is -3.22. The second-order valence-corrected chi connectivity index (χ2v) is 10.2. The molecule has 4 heterocycles. The summed E-state index contributed by atoms with van der Waals surface area (Å²) in [5, 5.41) is 13.0. The van der Waals surface area contributed by atoms with Crippen molar-refractivity contribution in [3.05, 3.63) is 75.3 Å². The molecule has 5 rings (SSSR count). The molecule has 1 amide bonds. The van der Waals surface area contributed by atoms with Crippen molar-refractivity contribution in [3.8, 4) is 17.2 Å². The molecule has 1 aliphatic rings. The van der Waals surface area contributed by atoms with Gasteiger partial charge in [-0.3, -0.25) is 14.7 Å². The van der Waals surface area contributed by atoms with Crippen molar-refractivity contribution in [1.82, 2.24) is 44.7 Å². The fourth-order valence-electron chi connectivity index (χ4n) is 4.26. The summed E-state index contributed by atoms with van der Waals surface area (Å²) in [5.41, 5.74) is -0.723. The van der Waals surface area contributed by atoms with Crippen LogP contribution < -0.4 is 16.3 Å². The number of carbonyl (C=O) groups excluding carboxylic acids is 1. The first-order valence-corrected chi connectivity index (χ1v) is 13.0. The van der Waals surface area contributed by atoms with Crippen molar-refractivity contribution < 1.29 is 26.7 Å². The molecule has 1 saturated heterocycles. The zero-order chi connectivity index (χ0) is 30.2. The minimum atomic E-state index is -5.04. The number of benzene rings is 1. The highest BCUT2D eigenvalue weighted by atomic mass is 35.5. The van der Waals surface area contributed by atoms with Crippen LogP contribution in [-0.2, 0) is 17.9 Å². The number of nitrogens with zero attached hydrogens (tertiary/aromatic N) is 7. The number of aromatic nitrogens is 7. The second kappa shape index (κ2) is 11.4. The molecule has 18 heteroatoms. The van der Waals surface area contributed by atoms with Gasteiger partial charge in [-0.1, -0.05) is 23.2 Å². The second-order valence-electron chi connectivity index (χ2n) is 9.39. The summed E-state index contributed by atoms with van der Waals surface area (Å²) in [6, 6.07) is 4.88. The van der Waals surface area contributed by atoms with Crippen LogP contribution in [0.2, 0.25) is 10.0 Å². The SMILES string of the molecule is O=C(NC(Cn1c(-c2ccc(Cl)cc2)nn(Cc2ncn(-c3ncccc3Cl)n2)c1=O)C(F)(F)F)[C@@H]1CC(F)(F)CN1. The lowest BCUT2D eigenvalue weighted by Crippen LogP contribution is -2.53. The van der Waals surface area contributed by atoms with Crippen molar-refractivity contribution in [3.63, 3.8) is 0 Å². The molecule has 11 nitrogen and oxygen atoms in total. The van der Waals surface area contributed by atoms with Crippen LogP contribution in [-0.4, -0.2) is 70.7 Å². The molecule has 4 aromatic rings. The monoisotopic (exact) mass is 631 g/mol. The average molecular weight is 632 g/mol. The average Bonchev–Trinajstić information content (AvgIpc) is 3.62. The maximum atomic E-state index is 14.1. The highest BCUT2D eigenvalue weighted by Crippen LogP contribution is 2.27. The predicted molar refractivity (Wildman–Crippen MR) is 140 cm³/mol. The van der Waals surface area contributed by atoms with Gasteiger partial charge in [-0.25, -0.2) is 32.9 Å². The van der Waals surface area contributed by atoms with E-state index in [1.54, 1.807) is 17.4 Å². The quantitative estimate of drug-likeness (QED) is 0.286. The Balaban J connectivity index is 1.47. The molecule has 0 aliphatic carbocycles. The molecule has 1 unspecified atom stereocenters. The van der Waals surface area contributed by atoms with Gasteiger partial charge in [0.05, 0.1) is 24.2 Å². The maximum Gasteiger partial charge on any atom is 0.410 e. The van der Waals surface area contributed by atoms with Crippen LogP contribution in [0.5, 0.6) is 0 Å². The Morgan fingerprint density at radius 3 is 2.52 bits per heavy atom. The highest BCUT2D eigenvalue weighted by molar-refractivity contribution is 6.32. The third kappa shape index (κ3) is 6.44. The molecule has 0 spiro atoms. The standard InChI is InChI=1S/C24H20Cl2F5N9O2/c25-14-5-3-13(4-6-14)19-37-39(10-18-34-12-40(36-18)20-15(26)2-1-7-32-20)22(42)38(19)9-17(24(29,30)31)35-21(41)16-8-23(27,28)11-33-16/h1-7,12,16-17,33H,8-11H2,(H,35,41)/t16-,17?/m0/s1. The first kappa shape index (κ1) is 29.6. The summed E-state index contributed by atoms with van der Waals surface area (Å²) >= 11 is 12.1. The van der Waals surface area contributed by atoms with Gasteiger partial charge in [-0.15, -0.1) is 10.2 Å². The zero-order valence-corrected chi connectivity index (χ0v) is 22.7. The van der Waals surface area contributed by atoms with E-state index in [1.165, 1.54) is 41.5 Å². The van der Waals surface area contributed by atoms with Crippen molar-refractivity contribution >= 4 is 29.1 Å². The van der Waals surface area contributed by atoms with E-state index in [-0.39, 0.29) is 34.6 Å². The maximum absolute atomic E-state index is 14.1. The number of halogens is 7. The van der Waals surface area contributed by atoms with Crippen molar-refractivity contribution in [2.24, 2.45) is 0 Å². The third-order valence-electron chi connectivity index (χ3n) is 6.31. The number of alkyl halides is 5. The molecule has 222 valence electrons. The van der Waals surface area contributed by atoms with Crippen LogP contribution in [0.1, 0.15) is 12.2 Å². The summed E-state index contributed by atoms with van der Waals surface area (Å²) < 4.78 is 72.2. The first-order valence-electron chi connectivity index (χ1n) is 12.2. The van der Waals surface area contributed by atoms with E-state index in [2.05, 4.69) is 25.5 Å². The minimum Gasteiger partial charge on any atom is -0.342 e. The largest absolute Gasteiger partial charge is 0.410 e. The minimum absolute atomic E-state index is 0.0695. The molecule has 1 aliphatic heterocycles. The molecule has 3 aromatic heterocycles. The Kier molecular flexibility index (Phi) is 8.04. The van der Waals surface area contributed by atoms with Gasteiger partial charge in [0, 0.05) is 23.2 Å². The van der Waals surface area contributed by atoms with E-state index < -0.39 is 55.3 Å². The van der Waals surface area contributed by atoms with E-state index in [9.17, 15) is 31.5 Å². The normalized spacial score (nSPS) is 17.4. The van der Waals surface area contributed by atoms with Crippen LogP contribution in [0, 0.1) is 0 Å². The summed E-state index contributed by atoms with van der Waals surface area (Å²) in [5.74, 6) is -4.35. The predicted octanol–water partition coefficient (Wildman–Crippen LogP) is 3.09. The number of rotatable bonds is 8. The van der Waals surface area contributed by atoms with Crippen molar-refractivity contribution in [2.75, 3.05) is 6.54 Å². The van der Waals surface area contributed by atoms with Crippen LogP contribution in [0.15, 0.2) is 53.7 Å². The van der Waals surface area contributed by atoms with Crippen LogP contribution in [0.4, 0.5) is 22.0 Å². The fourth-order valence-corrected chi connectivity index (χ4v) is 4.59. The number of nitrogens with one attached hydrogen (secondary N) is 2. The van der Waals surface area contributed by atoms with Gasteiger partial charge in [0.1, 0.15) is 18.9 Å². The highest BCUT2D eigenvalue weighted by Gasteiger charge is 2.46. The molecule has 0 radical (unpaired) electrons. The van der Waals surface area contributed by atoms with Gasteiger partial charge >= 0.3 is 11.9 Å². The molecule has 0 saturated carbocycles. The van der Waals surface area contributed by atoms with Crippen LogP contribution in [0.3, 0.4) is 0 Å². The number of carbonyl (C=O) groups is 1. The molecule has 42 heavy (non-hydrogen) atoms. The summed E-state index contributed by atoms with van der Waals surface area (Å²) in [4.78, 5) is 34.1. The van der Waals surface area contributed by atoms with Crippen molar-refractivity contribution in [2.45, 2.75) is 43.7 Å². The number of hydrogen-bond donors (Lipinski definition) is 2. The Morgan fingerprint density at radius 2 is 1.88 bits per heavy atom. The topological polar surface area (TPSA) is 125 Å². The Hall–Kier alpha value is -3.89. The van der Waals surface area contributed by atoms with E-state index in [0.29, 0.717) is 5.02 Å². The lowest BCUT2D eigenvalue weighted by molar-refractivity contribution is -0.165. The van der Waals surface area contributed by atoms with Crippen LogP contribution >= 0.6 is 23.2 Å². The van der Waals surface area contributed by atoms with E-state index in [4.69, 9.17) is 23.2 Å². The first-order chi connectivity index (χ1) is 19.8.